The minimum absolute atomic E-state index is 0.105. The number of nitrogens with two attached hydrogens (primary N) is 3. The van der Waals surface area contributed by atoms with Crippen LogP contribution in [0.4, 0.5) is 0 Å². The molecule has 0 saturated heterocycles. The van der Waals surface area contributed by atoms with Gasteiger partial charge in [0.15, 0.2) is 5.96 Å². The minimum atomic E-state index is -1.27. The summed E-state index contributed by atoms with van der Waals surface area (Å²) in [5.74, 6) is -3.22. The zero-order valence-electron chi connectivity index (χ0n) is 22.7. The molecule has 0 radical (unpaired) electrons. The fourth-order valence-electron chi connectivity index (χ4n) is 4.13. The molecule has 1 heterocycles. The molecule has 0 aliphatic heterocycles. The standard InChI is InChI=1S/C26H40N8O5S/c1-14(2)10-17(27)22(35)33-20(11-15-12-31-18-7-4-3-6-16(15)18)24(37)32-19(8-5-9-30-26(28)29)23(36)34-21(13-40)25(38)39/h3-4,6-7,12,14,17,19-21,31,40H,5,8-11,13,27H2,1-2H3,(H,32,37)(H,33,35)(H,34,36)(H,38,39)(H4,28,29,30). The third kappa shape index (κ3) is 10.1. The predicted octanol–water partition coefficient (Wildman–Crippen LogP) is -0.394. The van der Waals surface area contributed by atoms with Crippen molar-refractivity contribution in [1.82, 2.24) is 20.9 Å². The van der Waals surface area contributed by atoms with Gasteiger partial charge in [-0.25, -0.2) is 4.79 Å². The highest BCUT2D eigenvalue weighted by Gasteiger charge is 2.30. The number of carbonyl (C=O) groups is 4. The molecule has 2 aromatic rings. The summed E-state index contributed by atoms with van der Waals surface area (Å²) in [5.41, 5.74) is 18.4. The van der Waals surface area contributed by atoms with E-state index < -0.39 is 47.9 Å². The summed E-state index contributed by atoms with van der Waals surface area (Å²) in [6, 6.07) is 3.23. The number of fused-ring (bicyclic) bond motifs is 1. The van der Waals surface area contributed by atoms with Crippen LogP contribution in [0.2, 0.25) is 0 Å². The van der Waals surface area contributed by atoms with Gasteiger partial charge < -0.3 is 43.2 Å². The Labute approximate surface area is 238 Å². The Morgan fingerprint density at radius 2 is 1.62 bits per heavy atom. The number of carboxylic acid groups (broad SMARTS) is 1. The third-order valence-corrected chi connectivity index (χ3v) is 6.53. The number of para-hydroxylation sites is 1. The van der Waals surface area contributed by atoms with Crippen LogP contribution >= 0.6 is 12.6 Å². The number of guanidine groups is 1. The number of carboxylic acids is 1. The Kier molecular flexibility index (Phi) is 12.7. The molecule has 0 bridgehead atoms. The van der Waals surface area contributed by atoms with Crippen LogP contribution in [0, 0.1) is 5.92 Å². The van der Waals surface area contributed by atoms with Crippen molar-refractivity contribution < 1.29 is 24.3 Å². The van der Waals surface area contributed by atoms with Crippen molar-refractivity contribution in [3.8, 4) is 0 Å². The first-order valence-electron chi connectivity index (χ1n) is 13.0. The monoisotopic (exact) mass is 576 g/mol. The lowest BCUT2D eigenvalue weighted by molar-refractivity contribution is -0.141. The van der Waals surface area contributed by atoms with Gasteiger partial charge in [0.1, 0.15) is 18.1 Å². The number of carbonyl (C=O) groups excluding carboxylic acids is 3. The molecule has 2 rings (SSSR count). The number of aliphatic carboxylic acids is 1. The van der Waals surface area contributed by atoms with Crippen molar-refractivity contribution in [2.75, 3.05) is 12.3 Å². The number of nitrogens with one attached hydrogen (secondary N) is 4. The third-order valence-electron chi connectivity index (χ3n) is 6.17. The van der Waals surface area contributed by atoms with Crippen LogP contribution in [0.1, 0.15) is 38.7 Å². The van der Waals surface area contributed by atoms with Crippen LogP contribution in [-0.4, -0.2) is 76.2 Å². The summed E-state index contributed by atoms with van der Waals surface area (Å²) in [7, 11) is 0. The Hall–Kier alpha value is -3.78. The van der Waals surface area contributed by atoms with Crippen LogP contribution < -0.4 is 33.2 Å². The lowest BCUT2D eigenvalue weighted by Gasteiger charge is -2.25. The van der Waals surface area contributed by atoms with Crippen LogP contribution in [0.5, 0.6) is 0 Å². The van der Waals surface area contributed by atoms with Gasteiger partial charge in [0, 0.05) is 35.8 Å². The number of hydrogen-bond donors (Lipinski definition) is 9. The second-order valence-corrected chi connectivity index (χ2v) is 10.3. The average Bonchev–Trinajstić information content (AvgIpc) is 3.30. The van der Waals surface area contributed by atoms with Gasteiger partial charge in [0.2, 0.25) is 17.7 Å². The largest absolute Gasteiger partial charge is 0.480 e. The molecule has 0 aliphatic carbocycles. The molecule has 13 nitrogen and oxygen atoms in total. The number of benzene rings is 1. The molecule has 14 heteroatoms. The number of nitrogens with zero attached hydrogens (tertiary/aromatic N) is 1. The fraction of sp³-hybridized carbons (Fsp3) is 0.500. The highest BCUT2D eigenvalue weighted by molar-refractivity contribution is 7.80. The van der Waals surface area contributed by atoms with Crippen LogP contribution in [0.25, 0.3) is 10.9 Å². The zero-order chi connectivity index (χ0) is 29.8. The van der Waals surface area contributed by atoms with Gasteiger partial charge >= 0.3 is 5.97 Å². The van der Waals surface area contributed by atoms with Crippen LogP contribution in [-0.2, 0) is 25.6 Å². The number of aliphatic imine (C=N–C) groups is 1. The summed E-state index contributed by atoms with van der Waals surface area (Å²) in [4.78, 5) is 58.0. The van der Waals surface area contributed by atoms with E-state index in [0.29, 0.717) is 12.8 Å². The lowest BCUT2D eigenvalue weighted by Crippen LogP contribution is -2.57. The van der Waals surface area contributed by atoms with Crippen molar-refractivity contribution in [1.29, 1.82) is 0 Å². The van der Waals surface area contributed by atoms with E-state index in [1.165, 1.54) is 0 Å². The first-order valence-corrected chi connectivity index (χ1v) is 13.7. The summed E-state index contributed by atoms with van der Waals surface area (Å²) in [6.45, 7) is 4.06. The van der Waals surface area contributed by atoms with Crippen LogP contribution in [0.15, 0.2) is 35.5 Å². The molecule has 4 unspecified atom stereocenters. The average molecular weight is 577 g/mol. The molecule has 3 amide bonds. The fourth-order valence-corrected chi connectivity index (χ4v) is 4.37. The molecule has 11 N–H and O–H groups in total. The van der Waals surface area contributed by atoms with Gasteiger partial charge in [-0.05, 0) is 36.8 Å². The van der Waals surface area contributed by atoms with Gasteiger partial charge in [0.25, 0.3) is 0 Å². The minimum Gasteiger partial charge on any atom is -0.480 e. The molecule has 40 heavy (non-hydrogen) atoms. The number of H-pyrrole nitrogens is 1. The molecule has 0 spiro atoms. The second kappa shape index (κ2) is 15.7. The molecule has 0 aliphatic rings. The maximum Gasteiger partial charge on any atom is 0.327 e. The Bertz CT molecular complexity index is 1200. The zero-order valence-corrected chi connectivity index (χ0v) is 23.6. The summed E-state index contributed by atoms with van der Waals surface area (Å²) in [5, 5.41) is 18.0. The Morgan fingerprint density at radius 1 is 1.00 bits per heavy atom. The Balaban J connectivity index is 2.30. The van der Waals surface area contributed by atoms with Gasteiger partial charge in [0.05, 0.1) is 6.04 Å². The van der Waals surface area contributed by atoms with E-state index in [-0.39, 0.29) is 37.0 Å². The molecular formula is C26H40N8O5S. The maximum absolute atomic E-state index is 13.6. The number of thiol groups is 1. The summed E-state index contributed by atoms with van der Waals surface area (Å²) in [6.07, 6.45) is 2.71. The first-order chi connectivity index (χ1) is 18.9. The quantitative estimate of drug-likeness (QED) is 0.0551. The summed E-state index contributed by atoms with van der Waals surface area (Å²) >= 11 is 3.98. The molecule has 1 aromatic carbocycles. The SMILES string of the molecule is CC(C)CC(N)C(=O)NC(Cc1c[nH]c2ccccc12)C(=O)NC(CCCN=C(N)N)C(=O)NC(CS)C(=O)O. The first kappa shape index (κ1) is 32.4. The van der Waals surface area contributed by atoms with Gasteiger partial charge in [-0.1, -0.05) is 32.0 Å². The predicted molar refractivity (Wildman–Crippen MR) is 157 cm³/mol. The van der Waals surface area contributed by atoms with E-state index >= 15 is 0 Å². The maximum atomic E-state index is 13.6. The molecular weight excluding hydrogens is 536 g/mol. The normalized spacial score (nSPS) is 14.1. The molecule has 4 atom stereocenters. The van der Waals surface area contributed by atoms with E-state index in [1.54, 1.807) is 6.20 Å². The molecule has 220 valence electrons. The van der Waals surface area contributed by atoms with Gasteiger partial charge in [-0.15, -0.1) is 0 Å². The molecule has 0 fully saturated rings. The topological polar surface area (TPSA) is 231 Å². The number of aromatic amines is 1. The van der Waals surface area contributed by atoms with Crippen molar-refractivity contribution in [3.63, 3.8) is 0 Å². The molecule has 0 saturated carbocycles. The van der Waals surface area contributed by atoms with Crippen LogP contribution in [0.3, 0.4) is 0 Å². The van der Waals surface area contributed by atoms with E-state index in [0.717, 1.165) is 16.5 Å². The van der Waals surface area contributed by atoms with Crippen molar-refractivity contribution in [2.24, 2.45) is 28.1 Å². The van der Waals surface area contributed by atoms with Gasteiger partial charge in [-0.3, -0.25) is 19.4 Å². The van der Waals surface area contributed by atoms with Crippen molar-refractivity contribution in [2.45, 2.75) is 63.7 Å². The van der Waals surface area contributed by atoms with E-state index in [2.05, 4.69) is 38.6 Å². The highest BCUT2D eigenvalue weighted by atomic mass is 32.1. The van der Waals surface area contributed by atoms with Crippen molar-refractivity contribution >= 4 is 53.2 Å². The Morgan fingerprint density at radius 3 is 2.25 bits per heavy atom. The van der Waals surface area contributed by atoms with E-state index in [9.17, 15) is 24.3 Å². The number of hydrogen-bond acceptors (Lipinski definition) is 7. The van der Waals surface area contributed by atoms with Gasteiger partial charge in [-0.2, -0.15) is 12.6 Å². The number of rotatable bonds is 16. The number of aromatic nitrogens is 1. The van der Waals surface area contributed by atoms with Crippen molar-refractivity contribution in [3.05, 3.63) is 36.0 Å². The molecule has 1 aromatic heterocycles. The lowest BCUT2D eigenvalue weighted by atomic mass is 10.0. The van der Waals surface area contributed by atoms with E-state index in [1.807, 2.05) is 38.1 Å². The highest BCUT2D eigenvalue weighted by Crippen LogP contribution is 2.19. The van der Waals surface area contributed by atoms with E-state index in [4.69, 9.17) is 17.2 Å². The summed E-state index contributed by atoms with van der Waals surface area (Å²) < 4.78 is 0. The smallest absolute Gasteiger partial charge is 0.327 e. The second-order valence-electron chi connectivity index (χ2n) is 9.95. The number of amides is 3.